The summed E-state index contributed by atoms with van der Waals surface area (Å²) in [6, 6.07) is 12.9. The Kier molecular flexibility index (Phi) is 5.38. The summed E-state index contributed by atoms with van der Waals surface area (Å²) < 4.78 is 1.13. The van der Waals surface area contributed by atoms with Gasteiger partial charge in [0.05, 0.1) is 6.04 Å². The van der Waals surface area contributed by atoms with Crippen LogP contribution < -0.4 is 11.3 Å². The second-order valence-corrected chi connectivity index (χ2v) is 6.76. The molecule has 0 saturated heterocycles. The van der Waals surface area contributed by atoms with Gasteiger partial charge in [0, 0.05) is 14.8 Å². The summed E-state index contributed by atoms with van der Waals surface area (Å²) in [6.07, 6.45) is 2.07. The number of hydrogen-bond acceptors (Lipinski definition) is 3. The van der Waals surface area contributed by atoms with Gasteiger partial charge in [-0.25, -0.2) is 0 Å². The first-order valence-corrected chi connectivity index (χ1v) is 8.61. The Morgan fingerprint density at radius 3 is 2.30 bits per heavy atom. The van der Waals surface area contributed by atoms with E-state index in [1.165, 1.54) is 10.4 Å². The lowest BCUT2D eigenvalue weighted by Gasteiger charge is -2.39. The van der Waals surface area contributed by atoms with E-state index in [2.05, 4.69) is 77.0 Å². The number of rotatable bonds is 6. The largest absolute Gasteiger partial charge is 0.271 e. The molecular weight excluding hydrogens is 332 g/mol. The second-order valence-electron chi connectivity index (χ2n) is 4.96. The number of nitrogens with two attached hydrogens (primary N) is 1. The van der Waals surface area contributed by atoms with E-state index in [1.54, 1.807) is 11.3 Å². The zero-order valence-corrected chi connectivity index (χ0v) is 14.3. The molecule has 0 spiro atoms. The summed E-state index contributed by atoms with van der Waals surface area (Å²) in [5, 5.41) is 2.10. The summed E-state index contributed by atoms with van der Waals surface area (Å²) in [5.74, 6) is 5.94. The highest BCUT2D eigenvalue weighted by molar-refractivity contribution is 9.10. The fraction of sp³-hybridized carbons (Fsp3) is 0.375. The SMILES string of the molecule is CCC(CC)(c1ccccc1)C(NN)c1sccc1Br. The van der Waals surface area contributed by atoms with Gasteiger partial charge < -0.3 is 0 Å². The molecule has 0 radical (unpaired) electrons. The molecule has 1 aromatic heterocycles. The third-order valence-corrected chi connectivity index (χ3v) is 6.17. The van der Waals surface area contributed by atoms with Gasteiger partial charge in [-0.05, 0) is 45.8 Å². The van der Waals surface area contributed by atoms with Gasteiger partial charge in [-0.1, -0.05) is 44.2 Å². The van der Waals surface area contributed by atoms with Crippen molar-refractivity contribution in [3.63, 3.8) is 0 Å². The van der Waals surface area contributed by atoms with Crippen LogP contribution in [0.25, 0.3) is 0 Å². The summed E-state index contributed by atoms with van der Waals surface area (Å²) >= 11 is 5.39. The van der Waals surface area contributed by atoms with Crippen molar-refractivity contribution in [3.05, 3.63) is 56.7 Å². The molecule has 4 heteroatoms. The monoisotopic (exact) mass is 352 g/mol. The lowest BCUT2D eigenvalue weighted by Crippen LogP contribution is -2.43. The topological polar surface area (TPSA) is 38.0 Å². The highest BCUT2D eigenvalue weighted by atomic mass is 79.9. The fourth-order valence-corrected chi connectivity index (χ4v) is 4.78. The number of thiophene rings is 1. The molecule has 1 unspecified atom stereocenters. The average Bonchev–Trinajstić information content (AvgIpc) is 2.91. The molecule has 2 aromatic rings. The van der Waals surface area contributed by atoms with Crippen LogP contribution >= 0.6 is 27.3 Å². The van der Waals surface area contributed by atoms with Crippen LogP contribution in [0.5, 0.6) is 0 Å². The fourth-order valence-electron chi connectivity index (χ4n) is 3.00. The van der Waals surface area contributed by atoms with E-state index < -0.39 is 0 Å². The normalized spacial score (nSPS) is 13.4. The molecule has 1 atom stereocenters. The van der Waals surface area contributed by atoms with E-state index >= 15 is 0 Å². The van der Waals surface area contributed by atoms with Crippen LogP contribution in [0.1, 0.15) is 43.2 Å². The molecular formula is C16H21BrN2S. The number of hydrazine groups is 1. The van der Waals surface area contributed by atoms with Gasteiger partial charge in [-0.3, -0.25) is 11.3 Å². The van der Waals surface area contributed by atoms with Gasteiger partial charge in [-0.15, -0.1) is 11.3 Å². The minimum Gasteiger partial charge on any atom is -0.271 e. The van der Waals surface area contributed by atoms with Crippen molar-refractivity contribution in [1.29, 1.82) is 0 Å². The molecule has 0 bridgehead atoms. The maximum Gasteiger partial charge on any atom is 0.0660 e. The minimum absolute atomic E-state index is 0.00336. The molecule has 20 heavy (non-hydrogen) atoms. The molecule has 0 amide bonds. The molecule has 2 nitrogen and oxygen atoms in total. The maximum absolute atomic E-state index is 5.94. The predicted molar refractivity (Wildman–Crippen MR) is 90.8 cm³/mol. The van der Waals surface area contributed by atoms with Gasteiger partial charge in [0.1, 0.15) is 0 Å². The van der Waals surface area contributed by atoms with Crippen LogP contribution in [-0.2, 0) is 5.41 Å². The van der Waals surface area contributed by atoms with Crippen LogP contribution in [0.15, 0.2) is 46.3 Å². The lowest BCUT2D eigenvalue weighted by atomic mass is 9.70. The Morgan fingerprint density at radius 1 is 1.20 bits per heavy atom. The molecule has 0 aliphatic rings. The maximum atomic E-state index is 5.94. The van der Waals surface area contributed by atoms with Gasteiger partial charge in [0.25, 0.3) is 0 Å². The zero-order valence-electron chi connectivity index (χ0n) is 11.9. The van der Waals surface area contributed by atoms with Crippen molar-refractivity contribution in [1.82, 2.24) is 5.43 Å². The van der Waals surface area contributed by atoms with Crippen molar-refractivity contribution >= 4 is 27.3 Å². The van der Waals surface area contributed by atoms with E-state index in [0.29, 0.717) is 0 Å². The van der Waals surface area contributed by atoms with Crippen LogP contribution in [-0.4, -0.2) is 0 Å². The lowest BCUT2D eigenvalue weighted by molar-refractivity contribution is 0.279. The standard InChI is InChI=1S/C16H21BrN2S/c1-3-16(4-2,12-8-6-5-7-9-12)15(19-18)14-13(17)10-11-20-14/h5-11,15,19H,3-4,18H2,1-2H3. The number of hydrogen-bond donors (Lipinski definition) is 2. The first kappa shape index (κ1) is 15.7. The van der Waals surface area contributed by atoms with Gasteiger partial charge in [0.15, 0.2) is 0 Å². The van der Waals surface area contributed by atoms with Crippen molar-refractivity contribution in [3.8, 4) is 0 Å². The zero-order chi connectivity index (χ0) is 14.6. The van der Waals surface area contributed by atoms with E-state index in [-0.39, 0.29) is 11.5 Å². The van der Waals surface area contributed by atoms with Crippen LogP contribution in [0.4, 0.5) is 0 Å². The number of halogens is 1. The van der Waals surface area contributed by atoms with Crippen molar-refractivity contribution in [2.45, 2.75) is 38.1 Å². The molecule has 0 fully saturated rings. The smallest absolute Gasteiger partial charge is 0.0660 e. The van der Waals surface area contributed by atoms with Crippen molar-refractivity contribution < 1.29 is 0 Å². The van der Waals surface area contributed by atoms with E-state index in [4.69, 9.17) is 5.84 Å². The molecule has 3 N–H and O–H groups in total. The van der Waals surface area contributed by atoms with Gasteiger partial charge >= 0.3 is 0 Å². The summed E-state index contributed by atoms with van der Waals surface area (Å²) in [4.78, 5) is 1.26. The Morgan fingerprint density at radius 2 is 1.85 bits per heavy atom. The second kappa shape index (κ2) is 6.85. The first-order chi connectivity index (χ1) is 9.69. The quantitative estimate of drug-likeness (QED) is 0.580. The summed E-state index contributed by atoms with van der Waals surface area (Å²) in [6.45, 7) is 4.48. The molecule has 0 aliphatic carbocycles. The van der Waals surface area contributed by atoms with Crippen LogP contribution in [0.3, 0.4) is 0 Å². The molecule has 2 rings (SSSR count). The third-order valence-electron chi connectivity index (χ3n) is 4.24. The third kappa shape index (κ3) is 2.70. The Labute approximate surface area is 133 Å². The van der Waals surface area contributed by atoms with Gasteiger partial charge in [0.2, 0.25) is 0 Å². The van der Waals surface area contributed by atoms with Crippen LogP contribution in [0, 0.1) is 0 Å². The average molecular weight is 353 g/mol. The van der Waals surface area contributed by atoms with Crippen molar-refractivity contribution in [2.24, 2.45) is 5.84 Å². The van der Waals surface area contributed by atoms with E-state index in [1.807, 2.05) is 0 Å². The van der Waals surface area contributed by atoms with Crippen LogP contribution in [0.2, 0.25) is 0 Å². The van der Waals surface area contributed by atoms with E-state index in [0.717, 1.165) is 17.3 Å². The minimum atomic E-state index is 0.00336. The predicted octanol–water partition coefficient (Wildman–Crippen LogP) is 4.77. The molecule has 1 heterocycles. The Hall–Kier alpha value is -0.680. The van der Waals surface area contributed by atoms with Crippen molar-refractivity contribution in [2.75, 3.05) is 0 Å². The molecule has 0 aliphatic heterocycles. The highest BCUT2D eigenvalue weighted by Gasteiger charge is 2.39. The highest BCUT2D eigenvalue weighted by Crippen LogP contribution is 2.46. The molecule has 0 saturated carbocycles. The molecule has 1 aromatic carbocycles. The first-order valence-electron chi connectivity index (χ1n) is 6.94. The number of benzene rings is 1. The van der Waals surface area contributed by atoms with Gasteiger partial charge in [-0.2, -0.15) is 0 Å². The Bertz CT molecular complexity index is 534. The van der Waals surface area contributed by atoms with E-state index in [9.17, 15) is 0 Å². The summed E-state index contributed by atoms with van der Waals surface area (Å²) in [5.41, 5.74) is 4.41. The molecule has 108 valence electrons. The number of nitrogens with one attached hydrogen (secondary N) is 1. The Balaban J connectivity index is 2.54. The summed E-state index contributed by atoms with van der Waals surface area (Å²) in [7, 11) is 0.